The smallest absolute Gasteiger partial charge is 0.284 e. The van der Waals surface area contributed by atoms with Crippen molar-refractivity contribution in [2.75, 3.05) is 0 Å². The number of rotatable bonds is 2. The summed E-state index contributed by atoms with van der Waals surface area (Å²) in [5, 5.41) is 0. The second-order valence-corrected chi connectivity index (χ2v) is 5.90. The highest BCUT2D eigenvalue weighted by Gasteiger charge is 2.33. The molecule has 4 aromatic rings. The summed E-state index contributed by atoms with van der Waals surface area (Å²) >= 11 is 0. The Morgan fingerprint density at radius 1 is 1.00 bits per heavy atom. The molecular weight excluding hydrogens is 341 g/mol. The van der Waals surface area contributed by atoms with Crippen LogP contribution in [0.3, 0.4) is 0 Å². The Hall–Kier alpha value is -3.22. The number of halogens is 3. The van der Waals surface area contributed by atoms with Crippen molar-refractivity contribution in [2.45, 2.75) is 13.1 Å². The molecule has 26 heavy (non-hydrogen) atoms. The first-order valence-corrected chi connectivity index (χ1v) is 7.86. The SMILES string of the molecule is Cc1ccc(-c2cnc3nc(C(F)(F)F)ccn23)cc1-c1cccnc1. The lowest BCUT2D eigenvalue weighted by Crippen LogP contribution is -2.09. The van der Waals surface area contributed by atoms with Crippen LogP contribution in [0.15, 0.2) is 61.2 Å². The van der Waals surface area contributed by atoms with E-state index in [4.69, 9.17) is 0 Å². The summed E-state index contributed by atoms with van der Waals surface area (Å²) in [6, 6.07) is 10.6. The van der Waals surface area contributed by atoms with Crippen LogP contribution < -0.4 is 0 Å². The molecule has 0 aliphatic heterocycles. The summed E-state index contributed by atoms with van der Waals surface area (Å²) < 4.78 is 40.0. The lowest BCUT2D eigenvalue weighted by atomic mass is 9.98. The molecule has 0 amide bonds. The summed E-state index contributed by atoms with van der Waals surface area (Å²) in [7, 11) is 0. The number of imidazole rings is 1. The standard InChI is InChI=1S/C19H13F3N4/c1-12-4-5-13(9-15(12)14-3-2-7-23-10-14)16-11-24-18-25-17(19(20,21)22)6-8-26(16)18/h2-11H,1H3. The Morgan fingerprint density at radius 2 is 1.85 bits per heavy atom. The Bertz CT molecular complexity index is 1090. The van der Waals surface area contributed by atoms with Gasteiger partial charge in [-0.3, -0.25) is 9.38 Å². The summed E-state index contributed by atoms with van der Waals surface area (Å²) in [6.45, 7) is 2.00. The molecule has 0 aliphatic carbocycles. The van der Waals surface area contributed by atoms with Crippen molar-refractivity contribution in [3.8, 4) is 22.4 Å². The van der Waals surface area contributed by atoms with Crippen LogP contribution >= 0.6 is 0 Å². The molecule has 0 saturated heterocycles. The predicted molar refractivity (Wildman–Crippen MR) is 91.4 cm³/mol. The average Bonchev–Trinajstić information content (AvgIpc) is 3.05. The number of hydrogen-bond acceptors (Lipinski definition) is 3. The predicted octanol–water partition coefficient (Wildman–Crippen LogP) is 4.79. The van der Waals surface area contributed by atoms with E-state index in [1.807, 2.05) is 37.3 Å². The molecule has 0 fully saturated rings. The topological polar surface area (TPSA) is 43.1 Å². The van der Waals surface area contributed by atoms with Gasteiger partial charge in [0.2, 0.25) is 5.78 Å². The molecule has 0 aliphatic rings. The van der Waals surface area contributed by atoms with Gasteiger partial charge in [-0.2, -0.15) is 13.2 Å². The van der Waals surface area contributed by atoms with E-state index in [0.29, 0.717) is 5.69 Å². The highest BCUT2D eigenvalue weighted by molar-refractivity contribution is 5.74. The minimum absolute atomic E-state index is 0.0123. The molecule has 0 saturated carbocycles. The number of aromatic nitrogens is 4. The molecule has 0 bridgehead atoms. The highest BCUT2D eigenvalue weighted by atomic mass is 19.4. The van der Waals surface area contributed by atoms with Gasteiger partial charge in [0.25, 0.3) is 0 Å². The fourth-order valence-corrected chi connectivity index (χ4v) is 2.86. The van der Waals surface area contributed by atoms with Gasteiger partial charge in [0, 0.05) is 29.7 Å². The number of hydrogen-bond donors (Lipinski definition) is 0. The normalized spacial score (nSPS) is 11.8. The molecule has 0 atom stereocenters. The number of aryl methyl sites for hydroxylation is 1. The maximum Gasteiger partial charge on any atom is 0.433 e. The third-order valence-electron chi connectivity index (χ3n) is 4.18. The first kappa shape index (κ1) is 16.3. The Kier molecular flexibility index (Phi) is 3.72. The minimum Gasteiger partial charge on any atom is -0.284 e. The third kappa shape index (κ3) is 2.81. The molecule has 3 aromatic heterocycles. The fourth-order valence-electron chi connectivity index (χ4n) is 2.86. The fraction of sp³-hybridized carbons (Fsp3) is 0.105. The van der Waals surface area contributed by atoms with E-state index in [0.717, 1.165) is 28.3 Å². The lowest BCUT2D eigenvalue weighted by Gasteiger charge is -2.10. The Balaban J connectivity index is 1.84. The number of benzene rings is 1. The maximum absolute atomic E-state index is 12.8. The van der Waals surface area contributed by atoms with Gasteiger partial charge in [-0.05, 0) is 36.2 Å². The van der Waals surface area contributed by atoms with Crippen LogP contribution in [-0.4, -0.2) is 19.4 Å². The Labute approximate surface area is 147 Å². The summed E-state index contributed by atoms with van der Waals surface area (Å²) in [5.74, 6) is 0.0123. The van der Waals surface area contributed by atoms with Crippen LogP contribution in [0.1, 0.15) is 11.3 Å². The van der Waals surface area contributed by atoms with Crippen molar-refractivity contribution in [3.63, 3.8) is 0 Å². The van der Waals surface area contributed by atoms with Crippen molar-refractivity contribution in [2.24, 2.45) is 0 Å². The van der Waals surface area contributed by atoms with Gasteiger partial charge in [-0.25, -0.2) is 9.97 Å². The van der Waals surface area contributed by atoms with Crippen molar-refractivity contribution in [3.05, 3.63) is 72.4 Å². The van der Waals surface area contributed by atoms with Gasteiger partial charge in [0.1, 0.15) is 5.69 Å². The zero-order chi connectivity index (χ0) is 18.3. The van der Waals surface area contributed by atoms with Gasteiger partial charge >= 0.3 is 6.18 Å². The molecule has 0 unspecified atom stereocenters. The maximum atomic E-state index is 12.8. The van der Waals surface area contributed by atoms with Crippen LogP contribution in [-0.2, 0) is 6.18 Å². The first-order chi connectivity index (χ1) is 12.4. The van der Waals surface area contributed by atoms with Crippen molar-refractivity contribution in [1.82, 2.24) is 19.4 Å². The molecule has 0 spiro atoms. The molecule has 4 nitrogen and oxygen atoms in total. The largest absolute Gasteiger partial charge is 0.433 e. The molecule has 7 heteroatoms. The molecule has 130 valence electrons. The van der Waals surface area contributed by atoms with Crippen molar-refractivity contribution in [1.29, 1.82) is 0 Å². The Morgan fingerprint density at radius 3 is 2.58 bits per heavy atom. The second kappa shape index (κ2) is 5.94. The monoisotopic (exact) mass is 354 g/mol. The summed E-state index contributed by atoms with van der Waals surface area (Å²) in [4.78, 5) is 11.8. The lowest BCUT2D eigenvalue weighted by molar-refractivity contribution is -0.141. The van der Waals surface area contributed by atoms with Crippen LogP contribution in [0.2, 0.25) is 0 Å². The third-order valence-corrected chi connectivity index (χ3v) is 4.18. The molecule has 1 aromatic carbocycles. The molecule has 0 radical (unpaired) electrons. The molecule has 3 heterocycles. The van der Waals surface area contributed by atoms with E-state index in [-0.39, 0.29) is 5.78 Å². The van der Waals surface area contributed by atoms with Gasteiger partial charge in [-0.1, -0.05) is 18.2 Å². The number of pyridine rings is 1. The number of nitrogens with zero attached hydrogens (tertiary/aromatic N) is 4. The first-order valence-electron chi connectivity index (χ1n) is 7.86. The van der Waals surface area contributed by atoms with E-state index in [1.165, 1.54) is 12.4 Å². The molecule has 4 rings (SSSR count). The minimum atomic E-state index is -4.49. The van der Waals surface area contributed by atoms with Crippen LogP contribution in [0.5, 0.6) is 0 Å². The van der Waals surface area contributed by atoms with Crippen molar-refractivity contribution >= 4 is 5.78 Å². The summed E-state index contributed by atoms with van der Waals surface area (Å²) in [6.07, 6.45) is 1.86. The summed E-state index contributed by atoms with van der Waals surface area (Å²) in [5.41, 5.74) is 3.61. The van der Waals surface area contributed by atoms with Crippen LogP contribution in [0.25, 0.3) is 28.2 Å². The molecular formula is C19H13F3N4. The number of fused-ring (bicyclic) bond motifs is 1. The van der Waals surface area contributed by atoms with Gasteiger partial charge in [-0.15, -0.1) is 0 Å². The zero-order valence-electron chi connectivity index (χ0n) is 13.7. The van der Waals surface area contributed by atoms with Gasteiger partial charge in [0.15, 0.2) is 0 Å². The zero-order valence-corrected chi connectivity index (χ0v) is 13.7. The van der Waals surface area contributed by atoms with E-state index in [9.17, 15) is 13.2 Å². The van der Waals surface area contributed by atoms with E-state index >= 15 is 0 Å². The van der Waals surface area contributed by atoms with Crippen LogP contribution in [0.4, 0.5) is 13.2 Å². The van der Waals surface area contributed by atoms with E-state index in [1.54, 1.807) is 16.8 Å². The van der Waals surface area contributed by atoms with E-state index in [2.05, 4.69) is 15.0 Å². The molecule has 0 N–H and O–H groups in total. The van der Waals surface area contributed by atoms with Crippen LogP contribution in [0, 0.1) is 6.92 Å². The second-order valence-electron chi connectivity index (χ2n) is 5.90. The van der Waals surface area contributed by atoms with Crippen molar-refractivity contribution < 1.29 is 13.2 Å². The van der Waals surface area contributed by atoms with Gasteiger partial charge in [0.05, 0.1) is 11.9 Å². The number of alkyl halides is 3. The average molecular weight is 354 g/mol. The van der Waals surface area contributed by atoms with Gasteiger partial charge < -0.3 is 0 Å². The quantitative estimate of drug-likeness (QED) is 0.520. The van der Waals surface area contributed by atoms with E-state index < -0.39 is 11.9 Å². The highest BCUT2D eigenvalue weighted by Crippen LogP contribution is 2.31.